The maximum absolute atomic E-state index is 14.0. The Morgan fingerprint density at radius 2 is 2.04 bits per heavy atom. The summed E-state index contributed by atoms with van der Waals surface area (Å²) in [6.07, 6.45) is 4.84. The van der Waals surface area contributed by atoms with E-state index in [1.807, 2.05) is 0 Å². The smallest absolute Gasteiger partial charge is 0.181 e. The average molecular weight is 355 g/mol. The highest BCUT2D eigenvalue weighted by molar-refractivity contribution is 7.91. The fourth-order valence-electron chi connectivity index (χ4n) is 3.76. The van der Waals surface area contributed by atoms with Gasteiger partial charge in [-0.25, -0.2) is 12.8 Å². The molecule has 1 aromatic rings. The summed E-state index contributed by atoms with van der Waals surface area (Å²) in [5.74, 6) is 1.99. The number of piperidine rings is 1. The number of rotatable bonds is 7. The second kappa shape index (κ2) is 7.40. The standard InChI is InChI=1S/C18H26FNO3S/c1-2-24(21,22)18-4-3-15(12-17(18)19)23-10-7-14-11-16(14)13-5-8-20-9-6-13/h3-4,12-14,16,20H,2,5-11H2,1H3/t14-,16-/m1/s1. The normalized spacial score (nSPS) is 24.8. The third kappa shape index (κ3) is 4.09. The lowest BCUT2D eigenvalue weighted by atomic mass is 9.91. The summed E-state index contributed by atoms with van der Waals surface area (Å²) in [5, 5.41) is 3.40. The Morgan fingerprint density at radius 1 is 1.29 bits per heavy atom. The van der Waals surface area contributed by atoms with E-state index in [4.69, 9.17) is 4.74 Å². The minimum atomic E-state index is -3.52. The number of halogens is 1. The molecule has 24 heavy (non-hydrogen) atoms. The zero-order valence-electron chi connectivity index (χ0n) is 14.1. The predicted molar refractivity (Wildman–Crippen MR) is 91.4 cm³/mol. The first kappa shape index (κ1) is 17.7. The van der Waals surface area contributed by atoms with Gasteiger partial charge in [0, 0.05) is 6.07 Å². The Balaban J connectivity index is 1.47. The van der Waals surface area contributed by atoms with Crippen molar-refractivity contribution < 1.29 is 17.5 Å². The molecule has 134 valence electrons. The van der Waals surface area contributed by atoms with Gasteiger partial charge in [0.15, 0.2) is 9.84 Å². The van der Waals surface area contributed by atoms with Crippen molar-refractivity contribution in [1.82, 2.24) is 5.32 Å². The van der Waals surface area contributed by atoms with Crippen LogP contribution in [0.2, 0.25) is 0 Å². The molecule has 2 fully saturated rings. The number of ether oxygens (including phenoxy) is 1. The van der Waals surface area contributed by atoms with Crippen molar-refractivity contribution in [2.45, 2.75) is 37.5 Å². The molecular formula is C18H26FNO3S. The van der Waals surface area contributed by atoms with E-state index in [-0.39, 0.29) is 10.6 Å². The van der Waals surface area contributed by atoms with Gasteiger partial charge in [-0.15, -0.1) is 0 Å². The van der Waals surface area contributed by atoms with Gasteiger partial charge in [-0.3, -0.25) is 0 Å². The Labute approximate surface area is 143 Å². The number of nitrogens with one attached hydrogen (secondary N) is 1. The molecule has 2 atom stereocenters. The molecule has 0 radical (unpaired) electrons. The zero-order valence-corrected chi connectivity index (χ0v) is 14.9. The molecule has 3 rings (SSSR count). The second-order valence-corrected chi connectivity index (χ2v) is 9.13. The lowest BCUT2D eigenvalue weighted by Crippen LogP contribution is -2.29. The van der Waals surface area contributed by atoms with Crippen molar-refractivity contribution in [2.75, 3.05) is 25.4 Å². The van der Waals surface area contributed by atoms with Gasteiger partial charge >= 0.3 is 0 Å². The van der Waals surface area contributed by atoms with E-state index in [0.717, 1.165) is 37.3 Å². The molecule has 2 aliphatic rings. The highest BCUT2D eigenvalue weighted by Crippen LogP contribution is 2.49. The van der Waals surface area contributed by atoms with Gasteiger partial charge in [0.1, 0.15) is 16.5 Å². The van der Waals surface area contributed by atoms with Gasteiger partial charge in [0.05, 0.1) is 12.4 Å². The highest BCUT2D eigenvalue weighted by Gasteiger charge is 2.42. The maximum Gasteiger partial charge on any atom is 0.181 e. The highest BCUT2D eigenvalue weighted by atomic mass is 32.2. The fourth-order valence-corrected chi connectivity index (χ4v) is 4.70. The quantitative estimate of drug-likeness (QED) is 0.817. The molecule has 1 heterocycles. The van der Waals surface area contributed by atoms with E-state index in [1.54, 1.807) is 6.07 Å². The van der Waals surface area contributed by atoms with E-state index < -0.39 is 15.7 Å². The van der Waals surface area contributed by atoms with Crippen molar-refractivity contribution in [3.8, 4) is 5.75 Å². The molecule has 1 saturated carbocycles. The maximum atomic E-state index is 14.0. The third-order valence-electron chi connectivity index (χ3n) is 5.34. The number of hydrogen-bond acceptors (Lipinski definition) is 4. The summed E-state index contributed by atoms with van der Waals surface area (Å²) >= 11 is 0. The monoisotopic (exact) mass is 355 g/mol. The summed E-state index contributed by atoms with van der Waals surface area (Å²) in [5.41, 5.74) is 0. The van der Waals surface area contributed by atoms with Gasteiger partial charge in [0.2, 0.25) is 0 Å². The van der Waals surface area contributed by atoms with Crippen LogP contribution in [0, 0.1) is 23.6 Å². The average Bonchev–Trinajstić information content (AvgIpc) is 3.35. The molecule has 0 bridgehead atoms. The first-order valence-electron chi connectivity index (χ1n) is 8.87. The minimum absolute atomic E-state index is 0.107. The van der Waals surface area contributed by atoms with Crippen molar-refractivity contribution in [1.29, 1.82) is 0 Å². The summed E-state index contributed by atoms with van der Waals surface area (Å²) in [6, 6.07) is 4.03. The number of hydrogen-bond donors (Lipinski definition) is 1. The van der Waals surface area contributed by atoms with E-state index in [9.17, 15) is 12.8 Å². The van der Waals surface area contributed by atoms with Crippen LogP contribution in [0.5, 0.6) is 5.75 Å². The van der Waals surface area contributed by atoms with Crippen LogP contribution in [-0.2, 0) is 9.84 Å². The summed E-state index contributed by atoms with van der Waals surface area (Å²) < 4.78 is 43.1. The molecule has 1 aliphatic carbocycles. The summed E-state index contributed by atoms with van der Waals surface area (Å²) in [4.78, 5) is -0.245. The summed E-state index contributed by atoms with van der Waals surface area (Å²) in [6.45, 7) is 4.34. The van der Waals surface area contributed by atoms with E-state index in [2.05, 4.69) is 5.32 Å². The van der Waals surface area contributed by atoms with Crippen LogP contribution in [0.25, 0.3) is 0 Å². The SMILES string of the molecule is CCS(=O)(=O)c1ccc(OCC[C@@H]2C[C@@H]2C2CCNCC2)cc1F. The van der Waals surface area contributed by atoms with E-state index in [1.165, 1.54) is 38.3 Å². The van der Waals surface area contributed by atoms with Crippen LogP contribution in [-0.4, -0.2) is 33.9 Å². The lowest BCUT2D eigenvalue weighted by molar-refractivity contribution is 0.278. The van der Waals surface area contributed by atoms with Crippen LogP contribution in [0.15, 0.2) is 23.1 Å². The molecule has 0 aromatic heterocycles. The zero-order chi connectivity index (χ0) is 17.2. The molecule has 0 spiro atoms. The van der Waals surface area contributed by atoms with Gasteiger partial charge in [-0.2, -0.15) is 0 Å². The van der Waals surface area contributed by atoms with Crippen LogP contribution in [0.3, 0.4) is 0 Å². The molecule has 1 aliphatic heterocycles. The van der Waals surface area contributed by atoms with Crippen LogP contribution >= 0.6 is 0 Å². The Bertz CT molecular complexity index is 671. The Morgan fingerprint density at radius 3 is 2.71 bits per heavy atom. The van der Waals surface area contributed by atoms with Crippen LogP contribution < -0.4 is 10.1 Å². The third-order valence-corrected chi connectivity index (χ3v) is 7.10. The van der Waals surface area contributed by atoms with Crippen molar-refractivity contribution in [2.24, 2.45) is 17.8 Å². The Kier molecular flexibility index (Phi) is 5.45. The molecule has 4 nitrogen and oxygen atoms in total. The first-order chi connectivity index (χ1) is 11.5. The topological polar surface area (TPSA) is 55.4 Å². The van der Waals surface area contributed by atoms with Crippen molar-refractivity contribution in [3.63, 3.8) is 0 Å². The number of sulfone groups is 1. The van der Waals surface area contributed by atoms with Gasteiger partial charge in [0.25, 0.3) is 0 Å². The predicted octanol–water partition coefficient (Wildman–Crippen LogP) is 3.02. The second-order valence-electron chi connectivity index (χ2n) is 6.88. The largest absolute Gasteiger partial charge is 0.493 e. The van der Waals surface area contributed by atoms with Crippen molar-refractivity contribution >= 4 is 9.84 Å². The van der Waals surface area contributed by atoms with Gasteiger partial charge < -0.3 is 10.1 Å². The molecule has 6 heteroatoms. The summed E-state index contributed by atoms with van der Waals surface area (Å²) in [7, 11) is -3.52. The van der Waals surface area contributed by atoms with Crippen LogP contribution in [0.4, 0.5) is 4.39 Å². The first-order valence-corrected chi connectivity index (χ1v) is 10.5. The minimum Gasteiger partial charge on any atom is -0.493 e. The van der Waals surface area contributed by atoms with Crippen molar-refractivity contribution in [3.05, 3.63) is 24.0 Å². The molecular weight excluding hydrogens is 329 g/mol. The molecule has 1 N–H and O–H groups in total. The fraction of sp³-hybridized carbons (Fsp3) is 0.667. The Hall–Kier alpha value is -1.14. The van der Waals surface area contributed by atoms with Gasteiger partial charge in [-0.05, 0) is 68.7 Å². The van der Waals surface area contributed by atoms with Gasteiger partial charge in [-0.1, -0.05) is 6.92 Å². The lowest BCUT2D eigenvalue weighted by Gasteiger charge is -2.22. The molecule has 0 amide bonds. The van der Waals surface area contributed by atoms with E-state index >= 15 is 0 Å². The van der Waals surface area contributed by atoms with E-state index in [0.29, 0.717) is 12.4 Å². The number of benzene rings is 1. The van der Waals surface area contributed by atoms with Crippen LogP contribution in [0.1, 0.15) is 32.6 Å². The molecule has 1 aromatic carbocycles. The molecule has 0 unspecified atom stereocenters. The molecule has 1 saturated heterocycles.